The van der Waals surface area contributed by atoms with Crippen molar-refractivity contribution in [3.63, 3.8) is 0 Å². The summed E-state index contributed by atoms with van der Waals surface area (Å²) in [7, 11) is 0. The van der Waals surface area contributed by atoms with Gasteiger partial charge in [0.2, 0.25) is 0 Å². The van der Waals surface area contributed by atoms with Gasteiger partial charge >= 0.3 is 0 Å². The summed E-state index contributed by atoms with van der Waals surface area (Å²) in [5.74, 6) is 0. The number of H-pyrrole nitrogens is 1. The standard InChI is InChI=1S/C10H14N2OS/c1-2-10(5-3-6-10)12-7-4-8(13)11-9(12)14/h4,7H,2-3,5-6H2,1H3,(H,11,13,14). The maximum absolute atomic E-state index is 11.0. The van der Waals surface area contributed by atoms with Crippen LogP contribution in [0.4, 0.5) is 0 Å². The second-order valence-corrected chi connectivity index (χ2v) is 4.30. The maximum atomic E-state index is 11.0. The van der Waals surface area contributed by atoms with E-state index in [1.54, 1.807) is 6.07 Å². The summed E-state index contributed by atoms with van der Waals surface area (Å²) in [5, 5.41) is 0. The predicted molar refractivity (Wildman–Crippen MR) is 58.0 cm³/mol. The largest absolute Gasteiger partial charge is 0.319 e. The van der Waals surface area contributed by atoms with Crippen molar-refractivity contribution >= 4 is 12.2 Å². The first-order valence-corrected chi connectivity index (χ1v) is 5.41. The highest BCUT2D eigenvalue weighted by Gasteiger charge is 2.36. The zero-order chi connectivity index (χ0) is 10.2. The van der Waals surface area contributed by atoms with Gasteiger partial charge in [-0.15, -0.1) is 0 Å². The van der Waals surface area contributed by atoms with Crippen LogP contribution >= 0.6 is 12.2 Å². The van der Waals surface area contributed by atoms with Crippen LogP contribution in [-0.4, -0.2) is 9.55 Å². The van der Waals surface area contributed by atoms with Gasteiger partial charge in [0.05, 0.1) is 0 Å². The molecular weight excluding hydrogens is 196 g/mol. The van der Waals surface area contributed by atoms with Crippen molar-refractivity contribution in [1.29, 1.82) is 0 Å². The van der Waals surface area contributed by atoms with E-state index in [-0.39, 0.29) is 11.1 Å². The highest BCUT2D eigenvalue weighted by molar-refractivity contribution is 7.71. The molecule has 0 aromatic carbocycles. The van der Waals surface area contributed by atoms with E-state index < -0.39 is 0 Å². The molecule has 76 valence electrons. The number of hydrogen-bond acceptors (Lipinski definition) is 2. The van der Waals surface area contributed by atoms with E-state index in [0.29, 0.717) is 4.77 Å². The Morgan fingerprint density at radius 3 is 2.79 bits per heavy atom. The third-order valence-corrected chi connectivity index (χ3v) is 3.58. The van der Waals surface area contributed by atoms with Crippen LogP contribution in [0.2, 0.25) is 0 Å². The van der Waals surface area contributed by atoms with Crippen molar-refractivity contribution in [1.82, 2.24) is 9.55 Å². The van der Waals surface area contributed by atoms with E-state index in [1.165, 1.54) is 19.3 Å². The molecular formula is C10H14N2OS. The van der Waals surface area contributed by atoms with E-state index >= 15 is 0 Å². The first-order chi connectivity index (χ1) is 6.68. The molecule has 0 unspecified atom stereocenters. The molecule has 0 bridgehead atoms. The van der Waals surface area contributed by atoms with Crippen LogP contribution in [-0.2, 0) is 5.54 Å². The van der Waals surface area contributed by atoms with Crippen LogP contribution in [0, 0.1) is 4.77 Å². The molecule has 1 aliphatic carbocycles. The second kappa shape index (κ2) is 3.35. The zero-order valence-corrected chi connectivity index (χ0v) is 9.06. The molecule has 0 spiro atoms. The molecule has 1 heterocycles. The minimum absolute atomic E-state index is 0.114. The van der Waals surface area contributed by atoms with Crippen molar-refractivity contribution in [2.24, 2.45) is 0 Å². The second-order valence-electron chi connectivity index (χ2n) is 3.91. The Kier molecular flexibility index (Phi) is 2.31. The average molecular weight is 210 g/mol. The summed E-state index contributed by atoms with van der Waals surface area (Å²) >= 11 is 5.16. The summed E-state index contributed by atoms with van der Waals surface area (Å²) in [6.07, 6.45) is 6.50. The van der Waals surface area contributed by atoms with Gasteiger partial charge in [0.15, 0.2) is 4.77 Å². The monoisotopic (exact) mass is 210 g/mol. The summed E-state index contributed by atoms with van der Waals surface area (Å²) in [6.45, 7) is 2.17. The van der Waals surface area contributed by atoms with Crippen molar-refractivity contribution in [2.45, 2.75) is 38.1 Å². The first-order valence-electron chi connectivity index (χ1n) is 5.00. The lowest BCUT2D eigenvalue weighted by atomic mass is 9.74. The molecule has 0 amide bonds. The van der Waals surface area contributed by atoms with Crippen LogP contribution in [0.15, 0.2) is 17.1 Å². The summed E-state index contributed by atoms with van der Waals surface area (Å²) in [6, 6.07) is 1.55. The number of hydrogen-bond donors (Lipinski definition) is 1. The molecule has 0 aliphatic heterocycles. The van der Waals surface area contributed by atoms with Gasteiger partial charge in [0, 0.05) is 17.8 Å². The molecule has 0 saturated heterocycles. The molecule has 0 radical (unpaired) electrons. The molecule has 1 fully saturated rings. The number of aromatic nitrogens is 2. The van der Waals surface area contributed by atoms with Gasteiger partial charge in [-0.05, 0) is 37.9 Å². The lowest BCUT2D eigenvalue weighted by Crippen LogP contribution is -2.41. The lowest BCUT2D eigenvalue weighted by Gasteiger charge is -2.43. The van der Waals surface area contributed by atoms with Crippen LogP contribution in [0.1, 0.15) is 32.6 Å². The topological polar surface area (TPSA) is 37.8 Å². The molecule has 1 saturated carbocycles. The SMILES string of the molecule is CCC1(n2ccc(=O)[nH]c2=S)CCC1. The highest BCUT2D eigenvalue weighted by atomic mass is 32.1. The Balaban J connectivity index is 2.50. The molecule has 0 atom stereocenters. The Morgan fingerprint density at radius 1 is 1.64 bits per heavy atom. The average Bonchev–Trinajstić information content (AvgIpc) is 2.07. The fourth-order valence-corrected chi connectivity index (χ4v) is 2.50. The van der Waals surface area contributed by atoms with E-state index in [2.05, 4.69) is 11.9 Å². The van der Waals surface area contributed by atoms with E-state index in [0.717, 1.165) is 6.42 Å². The van der Waals surface area contributed by atoms with Gasteiger partial charge in [0.1, 0.15) is 0 Å². The van der Waals surface area contributed by atoms with Crippen molar-refractivity contribution in [3.05, 3.63) is 27.4 Å². The van der Waals surface area contributed by atoms with Gasteiger partial charge in [0.25, 0.3) is 5.56 Å². The van der Waals surface area contributed by atoms with E-state index in [9.17, 15) is 4.79 Å². The van der Waals surface area contributed by atoms with E-state index in [4.69, 9.17) is 12.2 Å². The van der Waals surface area contributed by atoms with Gasteiger partial charge in [-0.1, -0.05) is 6.92 Å². The Morgan fingerprint density at radius 2 is 2.36 bits per heavy atom. The van der Waals surface area contributed by atoms with Crippen molar-refractivity contribution in [3.8, 4) is 0 Å². The maximum Gasteiger partial charge on any atom is 0.251 e. The van der Waals surface area contributed by atoms with Gasteiger partial charge in [-0.3, -0.25) is 9.78 Å². The molecule has 1 aromatic rings. The Bertz CT molecular complexity index is 436. The smallest absolute Gasteiger partial charge is 0.251 e. The van der Waals surface area contributed by atoms with Crippen molar-refractivity contribution < 1.29 is 0 Å². The van der Waals surface area contributed by atoms with Crippen LogP contribution in [0.5, 0.6) is 0 Å². The Hall–Kier alpha value is -0.900. The molecule has 3 nitrogen and oxygen atoms in total. The fraction of sp³-hybridized carbons (Fsp3) is 0.600. The molecule has 4 heteroatoms. The normalized spacial score (nSPS) is 18.9. The van der Waals surface area contributed by atoms with Crippen LogP contribution in [0.25, 0.3) is 0 Å². The first kappa shape index (κ1) is 9.65. The quantitative estimate of drug-likeness (QED) is 0.760. The third kappa shape index (κ3) is 1.34. The predicted octanol–water partition coefficient (Wildman–Crippen LogP) is 2.20. The van der Waals surface area contributed by atoms with Crippen molar-refractivity contribution in [2.75, 3.05) is 0 Å². The number of rotatable bonds is 2. The highest BCUT2D eigenvalue weighted by Crippen LogP contribution is 2.41. The fourth-order valence-electron chi connectivity index (χ4n) is 2.14. The molecule has 1 aliphatic rings. The minimum atomic E-state index is -0.114. The number of nitrogens with zero attached hydrogens (tertiary/aromatic N) is 1. The molecule has 1 aromatic heterocycles. The summed E-state index contributed by atoms with van der Waals surface area (Å²) in [5.41, 5.74) is 0.0678. The van der Waals surface area contributed by atoms with Gasteiger partial charge in [-0.25, -0.2) is 0 Å². The minimum Gasteiger partial charge on any atom is -0.319 e. The summed E-state index contributed by atoms with van der Waals surface area (Å²) < 4.78 is 2.60. The number of nitrogens with one attached hydrogen (secondary N) is 1. The Labute approximate surface area is 87.8 Å². The van der Waals surface area contributed by atoms with Gasteiger partial charge < -0.3 is 4.57 Å². The lowest BCUT2D eigenvalue weighted by molar-refractivity contribution is 0.131. The van der Waals surface area contributed by atoms with E-state index in [1.807, 2.05) is 10.8 Å². The van der Waals surface area contributed by atoms with Crippen LogP contribution < -0.4 is 5.56 Å². The molecule has 1 N–H and O–H groups in total. The third-order valence-electron chi connectivity index (χ3n) is 3.28. The van der Waals surface area contributed by atoms with Gasteiger partial charge in [-0.2, -0.15) is 0 Å². The zero-order valence-electron chi connectivity index (χ0n) is 8.25. The summed E-state index contributed by atoms with van der Waals surface area (Å²) in [4.78, 5) is 13.7. The number of aromatic amines is 1. The molecule has 14 heavy (non-hydrogen) atoms. The van der Waals surface area contributed by atoms with Crippen LogP contribution in [0.3, 0.4) is 0 Å². The molecule has 2 rings (SSSR count).